The molecule has 0 unspecified atom stereocenters. The molecule has 0 atom stereocenters. The van der Waals surface area contributed by atoms with Crippen molar-refractivity contribution in [1.29, 1.82) is 0 Å². The van der Waals surface area contributed by atoms with E-state index in [1.807, 2.05) is 50.5 Å². The van der Waals surface area contributed by atoms with Gasteiger partial charge in [-0.3, -0.25) is 4.39 Å². The standard InChI is InChI=1S/C11H15FO.C10H14N2/c1-9-4-5-11(8-10(9)2)13-7-3-6-12;1-4-8(2)9-5-6-10(11-3)12-7-9/h4-5,8H,3,6-7H2,1-2H3;5-7H,2,4H2,1,3H3,(H,11,12). The molecule has 0 saturated heterocycles. The number of pyridine rings is 1. The number of aryl methyl sites for hydroxylation is 2. The summed E-state index contributed by atoms with van der Waals surface area (Å²) in [5.41, 5.74) is 4.71. The van der Waals surface area contributed by atoms with Gasteiger partial charge in [-0.2, -0.15) is 0 Å². The van der Waals surface area contributed by atoms with E-state index in [1.165, 1.54) is 11.1 Å². The van der Waals surface area contributed by atoms with Crippen molar-refractivity contribution in [3.05, 3.63) is 59.8 Å². The minimum Gasteiger partial charge on any atom is -0.493 e. The van der Waals surface area contributed by atoms with Gasteiger partial charge >= 0.3 is 0 Å². The Balaban J connectivity index is 0.000000251. The quantitative estimate of drug-likeness (QED) is 0.665. The zero-order valence-electron chi connectivity index (χ0n) is 15.7. The monoisotopic (exact) mass is 344 g/mol. The van der Waals surface area contributed by atoms with Gasteiger partial charge in [0.05, 0.1) is 13.3 Å². The molecule has 0 aliphatic rings. The van der Waals surface area contributed by atoms with Crippen molar-refractivity contribution in [2.24, 2.45) is 0 Å². The lowest BCUT2D eigenvalue weighted by atomic mass is 10.1. The summed E-state index contributed by atoms with van der Waals surface area (Å²) < 4.78 is 17.1. The molecule has 0 aliphatic carbocycles. The van der Waals surface area contributed by atoms with Gasteiger partial charge in [0, 0.05) is 19.7 Å². The highest BCUT2D eigenvalue weighted by Crippen LogP contribution is 2.16. The SMILES string of the molecule is C=C(CC)c1ccc(NC)nc1.Cc1ccc(OCCCF)cc1C. The Morgan fingerprint density at radius 2 is 1.96 bits per heavy atom. The third-order valence-corrected chi connectivity index (χ3v) is 3.88. The van der Waals surface area contributed by atoms with E-state index < -0.39 is 0 Å². The van der Waals surface area contributed by atoms with Crippen LogP contribution in [0.5, 0.6) is 5.75 Å². The summed E-state index contributed by atoms with van der Waals surface area (Å²) in [5, 5.41) is 2.97. The predicted octanol–water partition coefficient (Wildman–Crippen LogP) is 5.59. The molecule has 4 heteroatoms. The van der Waals surface area contributed by atoms with Crippen LogP contribution in [0.15, 0.2) is 43.1 Å². The van der Waals surface area contributed by atoms with Gasteiger partial charge < -0.3 is 10.1 Å². The fraction of sp³-hybridized carbons (Fsp3) is 0.381. The van der Waals surface area contributed by atoms with Crippen LogP contribution in [0.2, 0.25) is 0 Å². The number of hydrogen-bond acceptors (Lipinski definition) is 3. The number of halogens is 1. The van der Waals surface area contributed by atoms with Gasteiger partial charge in [0.15, 0.2) is 0 Å². The van der Waals surface area contributed by atoms with Gasteiger partial charge in [0.25, 0.3) is 0 Å². The number of hydrogen-bond donors (Lipinski definition) is 1. The zero-order valence-corrected chi connectivity index (χ0v) is 15.7. The molecular formula is C21H29FN2O. The van der Waals surface area contributed by atoms with E-state index in [0.29, 0.717) is 13.0 Å². The Morgan fingerprint density at radius 3 is 2.48 bits per heavy atom. The molecule has 3 nitrogen and oxygen atoms in total. The lowest BCUT2D eigenvalue weighted by Gasteiger charge is -2.06. The number of alkyl halides is 1. The largest absolute Gasteiger partial charge is 0.493 e. The van der Waals surface area contributed by atoms with E-state index in [-0.39, 0.29) is 6.67 Å². The minimum absolute atomic E-state index is 0.315. The summed E-state index contributed by atoms with van der Waals surface area (Å²) in [6.45, 7) is 10.3. The summed E-state index contributed by atoms with van der Waals surface area (Å²) in [6.07, 6.45) is 3.28. The first-order valence-electron chi connectivity index (χ1n) is 8.59. The molecule has 0 fully saturated rings. The molecule has 1 heterocycles. The highest BCUT2D eigenvalue weighted by molar-refractivity contribution is 5.63. The average Bonchev–Trinajstić information content (AvgIpc) is 2.65. The molecule has 1 N–H and O–H groups in total. The molecule has 0 aliphatic heterocycles. The maximum absolute atomic E-state index is 11.8. The van der Waals surface area contributed by atoms with E-state index in [2.05, 4.69) is 30.7 Å². The number of nitrogens with zero attached hydrogens (tertiary/aromatic N) is 1. The van der Waals surface area contributed by atoms with Crippen molar-refractivity contribution in [3.63, 3.8) is 0 Å². The smallest absolute Gasteiger partial charge is 0.125 e. The topological polar surface area (TPSA) is 34.2 Å². The van der Waals surface area contributed by atoms with Crippen molar-refractivity contribution in [2.75, 3.05) is 25.6 Å². The molecule has 2 aromatic rings. The highest BCUT2D eigenvalue weighted by Gasteiger charge is 1.97. The number of benzene rings is 1. The molecule has 0 bridgehead atoms. The normalized spacial score (nSPS) is 9.80. The first-order valence-corrected chi connectivity index (χ1v) is 8.59. The van der Waals surface area contributed by atoms with E-state index >= 15 is 0 Å². The molecule has 0 saturated carbocycles. The fourth-order valence-electron chi connectivity index (χ4n) is 2.00. The molecule has 1 aromatic carbocycles. The van der Waals surface area contributed by atoms with Crippen LogP contribution in [0.3, 0.4) is 0 Å². The number of rotatable bonds is 7. The summed E-state index contributed by atoms with van der Waals surface area (Å²) in [7, 11) is 1.86. The van der Waals surface area contributed by atoms with Gasteiger partial charge in [-0.15, -0.1) is 0 Å². The third kappa shape index (κ3) is 7.38. The van der Waals surface area contributed by atoms with E-state index in [1.54, 1.807) is 0 Å². The van der Waals surface area contributed by atoms with Crippen molar-refractivity contribution < 1.29 is 9.13 Å². The van der Waals surface area contributed by atoms with Gasteiger partial charge in [0.1, 0.15) is 11.6 Å². The molecule has 25 heavy (non-hydrogen) atoms. The van der Waals surface area contributed by atoms with Crippen LogP contribution in [0, 0.1) is 13.8 Å². The summed E-state index contributed by atoms with van der Waals surface area (Å²) in [4.78, 5) is 4.19. The van der Waals surface area contributed by atoms with Crippen LogP contribution in [0.4, 0.5) is 10.2 Å². The number of allylic oxidation sites excluding steroid dienone is 1. The fourth-order valence-corrected chi connectivity index (χ4v) is 2.00. The molecule has 2 rings (SSSR count). The summed E-state index contributed by atoms with van der Waals surface area (Å²) in [6, 6.07) is 9.90. The second kappa shape index (κ2) is 11.2. The summed E-state index contributed by atoms with van der Waals surface area (Å²) in [5.74, 6) is 1.72. The molecule has 0 spiro atoms. The maximum Gasteiger partial charge on any atom is 0.125 e. The Morgan fingerprint density at radius 1 is 1.20 bits per heavy atom. The predicted molar refractivity (Wildman–Crippen MR) is 105 cm³/mol. The molecule has 136 valence electrons. The number of nitrogens with one attached hydrogen (secondary N) is 1. The van der Waals surface area contributed by atoms with E-state index in [4.69, 9.17) is 4.74 Å². The Bertz CT molecular complexity index is 653. The van der Waals surface area contributed by atoms with Gasteiger partial charge in [0.2, 0.25) is 0 Å². The first kappa shape index (κ1) is 20.7. The van der Waals surface area contributed by atoms with Crippen LogP contribution in [0.1, 0.15) is 36.5 Å². The lowest BCUT2D eigenvalue weighted by Crippen LogP contribution is -1.98. The summed E-state index contributed by atoms with van der Waals surface area (Å²) >= 11 is 0. The Hall–Kier alpha value is -2.36. The highest BCUT2D eigenvalue weighted by atomic mass is 19.1. The van der Waals surface area contributed by atoms with Crippen molar-refractivity contribution in [1.82, 2.24) is 4.98 Å². The maximum atomic E-state index is 11.8. The molecule has 1 aromatic heterocycles. The second-order valence-electron chi connectivity index (χ2n) is 5.78. The third-order valence-electron chi connectivity index (χ3n) is 3.88. The number of aromatic nitrogens is 1. The van der Waals surface area contributed by atoms with Gasteiger partial charge in [-0.1, -0.05) is 19.6 Å². The van der Waals surface area contributed by atoms with Crippen LogP contribution in [-0.2, 0) is 0 Å². The lowest BCUT2D eigenvalue weighted by molar-refractivity contribution is 0.289. The van der Waals surface area contributed by atoms with Gasteiger partial charge in [-0.25, -0.2) is 4.98 Å². The van der Waals surface area contributed by atoms with Gasteiger partial charge in [-0.05, 0) is 66.8 Å². The van der Waals surface area contributed by atoms with Crippen molar-refractivity contribution >= 4 is 11.4 Å². The molecular weight excluding hydrogens is 315 g/mol. The van der Waals surface area contributed by atoms with E-state index in [9.17, 15) is 4.39 Å². The Kier molecular flexibility index (Phi) is 9.30. The van der Waals surface area contributed by atoms with Crippen LogP contribution in [-0.4, -0.2) is 25.3 Å². The van der Waals surface area contributed by atoms with Crippen LogP contribution >= 0.6 is 0 Å². The first-order chi connectivity index (χ1) is 12.0. The van der Waals surface area contributed by atoms with Crippen molar-refractivity contribution in [3.8, 4) is 5.75 Å². The number of ether oxygens (including phenoxy) is 1. The molecule has 0 radical (unpaired) electrons. The average molecular weight is 344 g/mol. The number of anilines is 1. The Labute approximate surface area is 151 Å². The van der Waals surface area contributed by atoms with Crippen LogP contribution < -0.4 is 10.1 Å². The van der Waals surface area contributed by atoms with E-state index in [0.717, 1.165) is 29.1 Å². The van der Waals surface area contributed by atoms with Crippen molar-refractivity contribution in [2.45, 2.75) is 33.6 Å². The van der Waals surface area contributed by atoms with Crippen LogP contribution in [0.25, 0.3) is 5.57 Å². The molecule has 0 amide bonds. The minimum atomic E-state index is -0.315. The zero-order chi connectivity index (χ0) is 18.7. The second-order valence-corrected chi connectivity index (χ2v) is 5.78.